The highest BCUT2D eigenvalue weighted by Crippen LogP contribution is 2.18. The Labute approximate surface area is 135 Å². The lowest BCUT2D eigenvalue weighted by Gasteiger charge is -2.14. The molecular weight excluding hydrogens is 329 g/mol. The van der Waals surface area contributed by atoms with E-state index in [0.29, 0.717) is 6.42 Å². The summed E-state index contributed by atoms with van der Waals surface area (Å²) in [7, 11) is 0. The number of rotatable bonds is 6. The molecule has 116 valence electrons. The summed E-state index contributed by atoms with van der Waals surface area (Å²) in [6.45, 7) is 0.0692. The van der Waals surface area contributed by atoms with Crippen LogP contribution in [0.2, 0.25) is 5.15 Å². The number of nitrogens with one attached hydrogen (secondary N) is 1. The zero-order valence-corrected chi connectivity index (χ0v) is 13.0. The monoisotopic (exact) mass is 341 g/mol. The van der Waals surface area contributed by atoms with Crippen molar-refractivity contribution in [2.24, 2.45) is 11.7 Å². The van der Waals surface area contributed by atoms with Crippen molar-refractivity contribution in [1.29, 1.82) is 0 Å². The highest BCUT2D eigenvalue weighted by molar-refractivity contribution is 7.12. The number of benzene rings is 1. The summed E-state index contributed by atoms with van der Waals surface area (Å²) < 4.78 is 12.9. The van der Waals surface area contributed by atoms with E-state index in [1.807, 2.05) is 0 Å². The number of thiazole rings is 1. The highest BCUT2D eigenvalue weighted by atomic mass is 35.5. The third-order valence-corrected chi connectivity index (χ3v) is 4.26. The molecule has 0 aliphatic rings. The summed E-state index contributed by atoms with van der Waals surface area (Å²) >= 11 is 6.88. The van der Waals surface area contributed by atoms with Crippen LogP contribution in [0.5, 0.6) is 0 Å². The first-order valence-electron chi connectivity index (χ1n) is 6.38. The van der Waals surface area contributed by atoms with Gasteiger partial charge in [0.1, 0.15) is 10.7 Å². The number of nitrogens with zero attached hydrogens (tertiary/aromatic N) is 1. The molecule has 0 aliphatic heterocycles. The molecule has 1 heterocycles. The second-order valence-corrected chi connectivity index (χ2v) is 5.82. The van der Waals surface area contributed by atoms with Crippen molar-refractivity contribution in [1.82, 2.24) is 10.3 Å². The Morgan fingerprint density at radius 1 is 1.36 bits per heavy atom. The van der Waals surface area contributed by atoms with Gasteiger partial charge in [-0.2, -0.15) is 0 Å². The van der Waals surface area contributed by atoms with E-state index in [1.54, 1.807) is 12.1 Å². The number of hydrogen-bond donors (Lipinski definition) is 2. The largest absolute Gasteiger partial charge is 0.369 e. The molecule has 1 unspecified atom stereocenters. The molecule has 1 aromatic heterocycles. The van der Waals surface area contributed by atoms with Gasteiger partial charge in [0.25, 0.3) is 5.91 Å². The van der Waals surface area contributed by atoms with E-state index in [9.17, 15) is 14.0 Å². The summed E-state index contributed by atoms with van der Waals surface area (Å²) in [6, 6.07) is 5.77. The predicted molar refractivity (Wildman–Crippen MR) is 82.2 cm³/mol. The van der Waals surface area contributed by atoms with Crippen LogP contribution in [-0.4, -0.2) is 23.3 Å². The van der Waals surface area contributed by atoms with E-state index < -0.39 is 17.7 Å². The number of carbonyl (C=O) groups is 2. The minimum atomic E-state index is -0.596. The van der Waals surface area contributed by atoms with Crippen LogP contribution >= 0.6 is 22.9 Å². The third kappa shape index (κ3) is 4.25. The van der Waals surface area contributed by atoms with E-state index in [4.69, 9.17) is 17.3 Å². The number of amides is 2. The number of nitrogens with two attached hydrogens (primary N) is 1. The Morgan fingerprint density at radius 3 is 2.59 bits per heavy atom. The minimum absolute atomic E-state index is 0.0692. The Balaban J connectivity index is 1.97. The standard InChI is InChI=1S/C14H13ClFN3O2S/c15-12-11(22-7-19-12)14(21)18-6-9(13(17)20)5-8-1-3-10(16)4-2-8/h1-4,7,9H,5-6H2,(H2,17,20)(H,18,21). The maximum atomic E-state index is 12.9. The van der Waals surface area contributed by atoms with Crippen molar-refractivity contribution < 1.29 is 14.0 Å². The number of primary amides is 1. The number of hydrogen-bond acceptors (Lipinski definition) is 4. The molecule has 0 saturated heterocycles. The average Bonchev–Trinajstić information content (AvgIpc) is 2.91. The highest BCUT2D eigenvalue weighted by Gasteiger charge is 2.19. The summed E-state index contributed by atoms with van der Waals surface area (Å²) in [5.41, 5.74) is 7.57. The van der Waals surface area contributed by atoms with Crippen LogP contribution in [0.25, 0.3) is 0 Å². The van der Waals surface area contributed by atoms with Crippen molar-refractivity contribution in [2.45, 2.75) is 6.42 Å². The normalized spacial score (nSPS) is 11.9. The van der Waals surface area contributed by atoms with E-state index in [-0.39, 0.29) is 22.4 Å². The Morgan fingerprint density at radius 2 is 2.05 bits per heavy atom. The molecular formula is C14H13ClFN3O2S. The van der Waals surface area contributed by atoms with Crippen LogP contribution in [0.1, 0.15) is 15.2 Å². The van der Waals surface area contributed by atoms with Gasteiger partial charge in [0.15, 0.2) is 5.15 Å². The molecule has 1 aromatic carbocycles. The Kier molecular flexibility index (Phi) is 5.46. The lowest BCUT2D eigenvalue weighted by Crippen LogP contribution is -2.37. The molecule has 0 bridgehead atoms. The predicted octanol–water partition coefficient (Wildman–Crippen LogP) is 2.01. The van der Waals surface area contributed by atoms with Crippen LogP contribution in [0, 0.1) is 11.7 Å². The van der Waals surface area contributed by atoms with Crippen LogP contribution in [0.4, 0.5) is 4.39 Å². The van der Waals surface area contributed by atoms with E-state index in [0.717, 1.165) is 16.9 Å². The molecule has 1 atom stereocenters. The lowest BCUT2D eigenvalue weighted by atomic mass is 9.98. The summed E-state index contributed by atoms with van der Waals surface area (Å²) in [5.74, 6) is -1.90. The Bertz CT molecular complexity index is 675. The first kappa shape index (κ1) is 16.4. The van der Waals surface area contributed by atoms with Crippen molar-refractivity contribution in [3.63, 3.8) is 0 Å². The molecule has 0 aliphatic carbocycles. The topological polar surface area (TPSA) is 85.1 Å². The molecule has 2 rings (SSSR count). The van der Waals surface area contributed by atoms with Gasteiger partial charge in [-0.25, -0.2) is 9.37 Å². The maximum absolute atomic E-state index is 12.9. The summed E-state index contributed by atoms with van der Waals surface area (Å²) in [4.78, 5) is 27.5. The molecule has 0 radical (unpaired) electrons. The molecule has 0 saturated carbocycles. The quantitative estimate of drug-likeness (QED) is 0.842. The van der Waals surface area contributed by atoms with Gasteiger partial charge in [-0.1, -0.05) is 23.7 Å². The van der Waals surface area contributed by atoms with Crippen LogP contribution in [0.15, 0.2) is 29.8 Å². The fourth-order valence-electron chi connectivity index (χ4n) is 1.85. The Hall–Kier alpha value is -1.99. The van der Waals surface area contributed by atoms with Crippen molar-refractivity contribution in [3.8, 4) is 0 Å². The first-order chi connectivity index (χ1) is 10.5. The van der Waals surface area contributed by atoms with Crippen LogP contribution < -0.4 is 11.1 Å². The smallest absolute Gasteiger partial charge is 0.264 e. The van der Waals surface area contributed by atoms with Crippen molar-refractivity contribution >= 4 is 34.8 Å². The number of carbonyl (C=O) groups excluding carboxylic acids is 2. The SMILES string of the molecule is NC(=O)C(CNC(=O)c1scnc1Cl)Cc1ccc(F)cc1. The van der Waals surface area contributed by atoms with Crippen LogP contribution in [0.3, 0.4) is 0 Å². The summed E-state index contributed by atoms with van der Waals surface area (Å²) in [5, 5.41) is 2.73. The maximum Gasteiger partial charge on any atom is 0.264 e. The molecule has 5 nitrogen and oxygen atoms in total. The molecule has 8 heteroatoms. The fourth-order valence-corrected chi connectivity index (χ4v) is 2.77. The van der Waals surface area contributed by atoms with E-state index in [1.165, 1.54) is 17.6 Å². The molecule has 2 aromatic rings. The van der Waals surface area contributed by atoms with Crippen LogP contribution in [-0.2, 0) is 11.2 Å². The van der Waals surface area contributed by atoms with Gasteiger partial charge >= 0.3 is 0 Å². The van der Waals surface area contributed by atoms with Gasteiger partial charge in [-0.05, 0) is 24.1 Å². The van der Waals surface area contributed by atoms with E-state index in [2.05, 4.69) is 10.3 Å². The lowest BCUT2D eigenvalue weighted by molar-refractivity contribution is -0.121. The number of halogens is 2. The molecule has 22 heavy (non-hydrogen) atoms. The molecule has 3 N–H and O–H groups in total. The fraction of sp³-hybridized carbons (Fsp3) is 0.214. The first-order valence-corrected chi connectivity index (χ1v) is 7.64. The zero-order chi connectivity index (χ0) is 16.1. The van der Waals surface area contributed by atoms with Crippen molar-refractivity contribution in [2.75, 3.05) is 6.54 Å². The second-order valence-electron chi connectivity index (χ2n) is 4.61. The minimum Gasteiger partial charge on any atom is -0.369 e. The van der Waals surface area contributed by atoms with E-state index >= 15 is 0 Å². The average molecular weight is 342 g/mol. The van der Waals surface area contributed by atoms with Gasteiger partial charge < -0.3 is 11.1 Å². The van der Waals surface area contributed by atoms with Gasteiger partial charge in [-0.15, -0.1) is 11.3 Å². The summed E-state index contributed by atoms with van der Waals surface area (Å²) in [6.07, 6.45) is 0.312. The molecule has 0 spiro atoms. The number of aromatic nitrogens is 1. The zero-order valence-electron chi connectivity index (χ0n) is 11.4. The molecule has 2 amide bonds. The van der Waals surface area contributed by atoms with Gasteiger partial charge in [-0.3, -0.25) is 9.59 Å². The van der Waals surface area contributed by atoms with Gasteiger partial charge in [0.05, 0.1) is 11.4 Å². The van der Waals surface area contributed by atoms with Gasteiger partial charge in [0.2, 0.25) is 5.91 Å². The third-order valence-electron chi connectivity index (χ3n) is 3.04. The van der Waals surface area contributed by atoms with Crippen molar-refractivity contribution in [3.05, 3.63) is 51.2 Å². The van der Waals surface area contributed by atoms with Gasteiger partial charge in [0, 0.05) is 6.54 Å². The molecule has 0 fully saturated rings. The second kappa shape index (κ2) is 7.33.